The van der Waals surface area contributed by atoms with Crippen LogP contribution in [0.5, 0.6) is 5.75 Å². The van der Waals surface area contributed by atoms with Crippen molar-refractivity contribution in [1.82, 2.24) is 4.98 Å². The molecule has 6 N–H and O–H groups in total. The van der Waals surface area contributed by atoms with E-state index in [0.29, 0.717) is 41.1 Å². The molecular weight excluding hydrogens is 632 g/mol. The van der Waals surface area contributed by atoms with Gasteiger partial charge in [0.15, 0.2) is 0 Å². The first-order valence-electron chi connectivity index (χ1n) is 18.1. The summed E-state index contributed by atoms with van der Waals surface area (Å²) in [5, 5.41) is 39.9. The van der Waals surface area contributed by atoms with E-state index in [1.165, 1.54) is 12.1 Å². The average Bonchev–Trinajstić information content (AvgIpc) is 3.70. The zero-order chi connectivity index (χ0) is 34.7. The molecule has 4 fully saturated rings. The summed E-state index contributed by atoms with van der Waals surface area (Å²) in [6.45, 7) is 4.31. The van der Waals surface area contributed by atoms with Crippen LogP contribution in [0.2, 0.25) is 0 Å². The van der Waals surface area contributed by atoms with Crippen LogP contribution in [-0.2, 0) is 15.1 Å². The van der Waals surface area contributed by atoms with Crippen LogP contribution >= 0.6 is 0 Å². The lowest BCUT2D eigenvalue weighted by Gasteiger charge is -2.52. The third-order valence-corrected chi connectivity index (χ3v) is 11.6. The van der Waals surface area contributed by atoms with Crippen LogP contribution in [0.15, 0.2) is 83.7 Å². The molecule has 50 heavy (non-hydrogen) atoms. The number of nitrogens with zero attached hydrogens (tertiary/aromatic N) is 1. The zero-order valence-electron chi connectivity index (χ0n) is 28.5. The van der Waals surface area contributed by atoms with Crippen molar-refractivity contribution in [2.45, 2.75) is 62.8 Å². The van der Waals surface area contributed by atoms with Gasteiger partial charge < -0.3 is 40.2 Å². The van der Waals surface area contributed by atoms with Crippen molar-refractivity contribution >= 4 is 28.2 Å². The highest BCUT2D eigenvalue weighted by Gasteiger charge is 2.48. The van der Waals surface area contributed by atoms with Gasteiger partial charge in [0.25, 0.3) is 0 Å². The van der Waals surface area contributed by atoms with Crippen LogP contribution < -0.4 is 16.2 Å². The second-order valence-corrected chi connectivity index (χ2v) is 14.7. The number of carbonyl (C=O) groups is 1. The number of quaternary nitrogens is 1. The number of aromatic hydroxyl groups is 1. The summed E-state index contributed by atoms with van der Waals surface area (Å²) in [5.74, 6) is 0.654. The molecule has 1 aromatic heterocycles. The molecule has 1 unspecified atom stereocenters. The standard InChI is InChI=1S/C40H48N4O6/c45-34-16-14-32(33-15-17-37(47)43-39(33)34)35(46)24-41-30-10-12-31(13-11-30)42-38(48)20-23-44-21-18-27(19-22-44)36(25-44)50-26-40(49,29-8-4-5-9-29)28-6-2-1-3-7-28/h1-3,6-7,10-17,27,29,35-36,41,46,49H,4-5,8-9,18-26H2,(H2-,42,43,45,47,48)/p+1/t27?,35-,36-,40?,44?/m0/s1. The van der Waals surface area contributed by atoms with Gasteiger partial charge in [0.1, 0.15) is 24.0 Å². The Morgan fingerprint density at radius 2 is 1.66 bits per heavy atom. The lowest BCUT2D eigenvalue weighted by atomic mass is 9.80. The molecule has 1 amide bonds. The third-order valence-electron chi connectivity index (χ3n) is 11.6. The van der Waals surface area contributed by atoms with Gasteiger partial charge in [-0.3, -0.25) is 9.59 Å². The molecule has 1 saturated carbocycles. The highest BCUT2D eigenvalue weighted by Crippen LogP contribution is 2.43. The number of aliphatic hydroxyl groups is 2. The van der Waals surface area contributed by atoms with Crippen LogP contribution in [0.25, 0.3) is 10.9 Å². The number of nitrogens with one attached hydrogen (secondary N) is 3. The SMILES string of the molecule is O=C(CC[N+]12CCC(CC1)[C@@H](OCC(O)(c1ccccc1)C1CCCC1)C2)Nc1ccc(NC[C@H](O)c2ccc(O)c3[nH]c(=O)ccc23)cc1. The fourth-order valence-corrected chi connectivity index (χ4v) is 8.63. The molecular formula is C40H49N4O6+. The number of fused-ring (bicyclic) bond motifs is 4. The summed E-state index contributed by atoms with van der Waals surface area (Å²) in [6.07, 6.45) is 6.18. The third kappa shape index (κ3) is 7.30. The molecule has 3 aromatic carbocycles. The average molecular weight is 682 g/mol. The topological polar surface area (TPSA) is 144 Å². The Morgan fingerprint density at radius 3 is 2.40 bits per heavy atom. The second kappa shape index (κ2) is 14.6. The predicted molar refractivity (Wildman–Crippen MR) is 194 cm³/mol. The molecule has 8 rings (SSSR count). The smallest absolute Gasteiger partial charge is 0.248 e. The number of aromatic nitrogens is 1. The largest absolute Gasteiger partial charge is 0.506 e. The fourth-order valence-electron chi connectivity index (χ4n) is 8.63. The van der Waals surface area contributed by atoms with Gasteiger partial charge in [-0.1, -0.05) is 49.2 Å². The Bertz CT molecular complexity index is 1830. The number of H-pyrrole nitrogens is 1. The van der Waals surface area contributed by atoms with Gasteiger partial charge in [0, 0.05) is 48.1 Å². The summed E-state index contributed by atoms with van der Waals surface area (Å²) in [5.41, 5.74) is 2.04. The number of rotatable bonds is 13. The number of hydrogen-bond acceptors (Lipinski definition) is 7. The number of aromatic amines is 1. The van der Waals surface area contributed by atoms with Gasteiger partial charge in [0.2, 0.25) is 11.5 Å². The highest BCUT2D eigenvalue weighted by molar-refractivity contribution is 5.91. The van der Waals surface area contributed by atoms with Crippen molar-refractivity contribution in [3.8, 4) is 5.75 Å². The van der Waals surface area contributed by atoms with E-state index in [0.717, 1.165) is 80.4 Å². The van der Waals surface area contributed by atoms with Crippen molar-refractivity contribution in [2.24, 2.45) is 11.8 Å². The summed E-state index contributed by atoms with van der Waals surface area (Å²) in [4.78, 5) is 27.4. The molecule has 3 saturated heterocycles. The van der Waals surface area contributed by atoms with Crippen molar-refractivity contribution in [2.75, 3.05) is 50.0 Å². The van der Waals surface area contributed by atoms with Crippen LogP contribution in [-0.4, -0.2) is 76.1 Å². The lowest BCUT2D eigenvalue weighted by molar-refractivity contribution is -0.946. The minimum atomic E-state index is -0.969. The van der Waals surface area contributed by atoms with E-state index in [1.807, 2.05) is 54.6 Å². The monoisotopic (exact) mass is 681 g/mol. The van der Waals surface area contributed by atoms with Gasteiger partial charge in [0.05, 0.1) is 44.3 Å². The number of phenolic OH excluding ortho intramolecular Hbond substituents is 1. The number of aliphatic hydroxyl groups excluding tert-OH is 1. The van der Waals surface area contributed by atoms with E-state index in [2.05, 4.69) is 15.6 Å². The molecule has 4 heterocycles. The number of benzene rings is 3. The zero-order valence-corrected chi connectivity index (χ0v) is 28.5. The quantitative estimate of drug-likeness (QED) is 0.104. The molecule has 0 radical (unpaired) electrons. The molecule has 10 nitrogen and oxygen atoms in total. The summed E-state index contributed by atoms with van der Waals surface area (Å²) < 4.78 is 7.55. The molecule has 10 heteroatoms. The van der Waals surface area contributed by atoms with Crippen molar-refractivity contribution in [3.63, 3.8) is 0 Å². The Kier molecular flexibility index (Phi) is 9.97. The normalized spacial score (nSPS) is 23.8. The summed E-state index contributed by atoms with van der Waals surface area (Å²) in [6, 6.07) is 23.5. The maximum Gasteiger partial charge on any atom is 0.248 e. The van der Waals surface area contributed by atoms with Gasteiger partial charge in [-0.2, -0.15) is 0 Å². The summed E-state index contributed by atoms with van der Waals surface area (Å²) in [7, 11) is 0. The van der Waals surface area contributed by atoms with Gasteiger partial charge in [-0.05, 0) is 66.3 Å². The molecule has 264 valence electrons. The van der Waals surface area contributed by atoms with E-state index in [9.17, 15) is 24.9 Å². The minimum absolute atomic E-state index is 0.0178. The van der Waals surface area contributed by atoms with Crippen LogP contribution in [0.4, 0.5) is 11.4 Å². The molecule has 2 bridgehead atoms. The highest BCUT2D eigenvalue weighted by atomic mass is 16.5. The molecule has 3 aliphatic heterocycles. The van der Waals surface area contributed by atoms with Gasteiger partial charge in [-0.15, -0.1) is 0 Å². The van der Waals surface area contributed by atoms with Crippen LogP contribution in [0.1, 0.15) is 62.2 Å². The first kappa shape index (κ1) is 34.2. The number of hydrogen-bond donors (Lipinski definition) is 6. The first-order valence-corrected chi connectivity index (χ1v) is 18.1. The molecule has 3 atom stereocenters. The fraction of sp³-hybridized carbons (Fsp3) is 0.450. The summed E-state index contributed by atoms with van der Waals surface area (Å²) >= 11 is 0. The van der Waals surface area contributed by atoms with E-state index in [-0.39, 0.29) is 35.8 Å². The number of piperidine rings is 3. The molecule has 1 aliphatic carbocycles. The van der Waals surface area contributed by atoms with Crippen molar-refractivity contribution in [3.05, 3.63) is 100 Å². The Hall–Kier alpha value is -4.22. The lowest BCUT2D eigenvalue weighted by Crippen LogP contribution is -2.65. The number of amides is 1. The van der Waals surface area contributed by atoms with E-state index in [1.54, 1.807) is 12.1 Å². The Labute approximate surface area is 292 Å². The number of carbonyl (C=O) groups excluding carboxylic acids is 1. The minimum Gasteiger partial charge on any atom is -0.506 e. The maximum absolute atomic E-state index is 13.1. The molecule has 4 aliphatic rings. The maximum atomic E-state index is 13.1. The van der Waals surface area contributed by atoms with E-state index in [4.69, 9.17) is 4.74 Å². The van der Waals surface area contributed by atoms with Crippen molar-refractivity contribution < 1.29 is 29.3 Å². The van der Waals surface area contributed by atoms with Crippen LogP contribution in [0.3, 0.4) is 0 Å². The van der Waals surface area contributed by atoms with E-state index >= 15 is 0 Å². The van der Waals surface area contributed by atoms with Gasteiger partial charge in [-0.25, -0.2) is 0 Å². The molecule has 4 aromatic rings. The number of anilines is 2. The van der Waals surface area contributed by atoms with Crippen molar-refractivity contribution in [1.29, 1.82) is 0 Å². The number of phenols is 1. The second-order valence-electron chi connectivity index (χ2n) is 14.7. The number of ether oxygens (including phenoxy) is 1. The molecule has 0 spiro atoms. The predicted octanol–water partition coefficient (Wildman–Crippen LogP) is 5.41. The first-order chi connectivity index (χ1) is 24.2. The van der Waals surface area contributed by atoms with E-state index < -0.39 is 11.7 Å². The van der Waals surface area contributed by atoms with Crippen LogP contribution in [0, 0.1) is 11.8 Å². The number of pyridine rings is 1. The Morgan fingerprint density at radius 1 is 0.940 bits per heavy atom. The Balaban J connectivity index is 0.903. The van der Waals surface area contributed by atoms with Gasteiger partial charge >= 0.3 is 0 Å².